The molecule has 0 saturated heterocycles. The maximum absolute atomic E-state index is 5.28. The number of benzene rings is 2. The van der Waals surface area contributed by atoms with Crippen LogP contribution in [0.3, 0.4) is 0 Å². The van der Waals surface area contributed by atoms with Crippen molar-refractivity contribution in [3.05, 3.63) is 61.2 Å². The molecule has 0 aliphatic carbocycles. The molecule has 0 atom stereocenters. The molecule has 20 heavy (non-hydrogen) atoms. The predicted molar refractivity (Wildman–Crippen MR) is 77.3 cm³/mol. The summed E-state index contributed by atoms with van der Waals surface area (Å²) in [6.07, 6.45) is 3.01. The van der Waals surface area contributed by atoms with Crippen molar-refractivity contribution < 1.29 is 4.74 Å². The zero-order chi connectivity index (χ0) is 13.8. The minimum atomic E-state index is 0.665. The first-order valence-electron chi connectivity index (χ1n) is 6.24. The van der Waals surface area contributed by atoms with Gasteiger partial charge in [0.1, 0.15) is 18.4 Å². The average molecular weight is 263 g/mol. The third kappa shape index (κ3) is 2.36. The highest BCUT2D eigenvalue weighted by molar-refractivity contribution is 5.80. The quantitative estimate of drug-likeness (QED) is 0.728. The van der Waals surface area contributed by atoms with Gasteiger partial charge in [0, 0.05) is 5.56 Å². The van der Waals surface area contributed by atoms with Crippen molar-refractivity contribution >= 4 is 0 Å². The zero-order valence-corrected chi connectivity index (χ0v) is 11.0. The summed E-state index contributed by atoms with van der Waals surface area (Å²) < 4.78 is 5.28. The maximum atomic E-state index is 5.28. The largest absolute Gasteiger partial charge is 0.497 e. The van der Waals surface area contributed by atoms with Gasteiger partial charge in [0.2, 0.25) is 0 Å². The van der Waals surface area contributed by atoms with Crippen LogP contribution in [0.1, 0.15) is 0 Å². The highest BCUT2D eigenvalue weighted by Crippen LogP contribution is 2.31. The Morgan fingerprint density at radius 2 is 1.60 bits per heavy atom. The molecular weight excluding hydrogens is 250 g/mol. The van der Waals surface area contributed by atoms with Crippen molar-refractivity contribution in [3.63, 3.8) is 0 Å². The van der Waals surface area contributed by atoms with E-state index < -0.39 is 0 Å². The highest BCUT2D eigenvalue weighted by Gasteiger charge is 2.09. The molecule has 4 nitrogen and oxygen atoms in total. The lowest BCUT2D eigenvalue weighted by atomic mass is 9.99. The molecule has 0 bridgehead atoms. The van der Waals surface area contributed by atoms with Crippen molar-refractivity contribution in [2.45, 2.75) is 0 Å². The lowest BCUT2D eigenvalue weighted by Crippen LogP contribution is -1.92. The summed E-state index contributed by atoms with van der Waals surface area (Å²) in [6.45, 7) is 0. The zero-order valence-electron chi connectivity index (χ0n) is 11.0. The predicted octanol–water partition coefficient (Wildman–Crippen LogP) is 3.21. The van der Waals surface area contributed by atoms with Crippen LogP contribution in [0.5, 0.6) is 5.75 Å². The second-order valence-corrected chi connectivity index (χ2v) is 4.24. The molecule has 0 aliphatic rings. The van der Waals surface area contributed by atoms with Crippen molar-refractivity contribution in [1.29, 1.82) is 0 Å². The minimum absolute atomic E-state index is 0.665. The Labute approximate surface area is 117 Å². The molecule has 1 heterocycles. The molecule has 2 aromatic carbocycles. The Kier molecular flexibility index (Phi) is 3.37. The van der Waals surface area contributed by atoms with Gasteiger partial charge in [-0.15, -0.1) is 0 Å². The van der Waals surface area contributed by atoms with Gasteiger partial charge in [0.15, 0.2) is 5.82 Å². The van der Waals surface area contributed by atoms with E-state index in [9.17, 15) is 0 Å². The third-order valence-corrected chi connectivity index (χ3v) is 3.04. The molecular formula is C16H13N3O. The van der Waals surface area contributed by atoms with Gasteiger partial charge < -0.3 is 4.74 Å². The Bertz CT molecular complexity index is 714. The molecule has 0 saturated carbocycles. The van der Waals surface area contributed by atoms with Gasteiger partial charge >= 0.3 is 0 Å². The van der Waals surface area contributed by atoms with E-state index in [-0.39, 0.29) is 0 Å². The lowest BCUT2D eigenvalue weighted by molar-refractivity contribution is 0.415. The van der Waals surface area contributed by atoms with Gasteiger partial charge in [-0.05, 0) is 23.3 Å². The van der Waals surface area contributed by atoms with Gasteiger partial charge in [-0.25, -0.2) is 15.0 Å². The van der Waals surface area contributed by atoms with Crippen molar-refractivity contribution in [2.75, 3.05) is 7.11 Å². The molecule has 0 fully saturated rings. The van der Waals surface area contributed by atoms with Gasteiger partial charge in [-0.3, -0.25) is 0 Å². The van der Waals surface area contributed by atoms with Crippen LogP contribution in [0, 0.1) is 0 Å². The van der Waals surface area contributed by atoms with E-state index in [0.717, 1.165) is 22.4 Å². The fourth-order valence-corrected chi connectivity index (χ4v) is 2.10. The topological polar surface area (TPSA) is 47.9 Å². The van der Waals surface area contributed by atoms with Gasteiger partial charge in [-0.2, -0.15) is 0 Å². The van der Waals surface area contributed by atoms with E-state index >= 15 is 0 Å². The van der Waals surface area contributed by atoms with E-state index in [1.54, 1.807) is 7.11 Å². The van der Waals surface area contributed by atoms with Gasteiger partial charge in [0.25, 0.3) is 0 Å². The van der Waals surface area contributed by atoms with Crippen LogP contribution in [0.4, 0.5) is 0 Å². The van der Waals surface area contributed by atoms with Gasteiger partial charge in [-0.1, -0.05) is 36.4 Å². The van der Waals surface area contributed by atoms with E-state index in [1.165, 1.54) is 12.7 Å². The molecule has 0 aliphatic heterocycles. The summed E-state index contributed by atoms with van der Waals surface area (Å²) in [6, 6.07) is 16.0. The number of aromatic nitrogens is 3. The number of rotatable bonds is 3. The van der Waals surface area contributed by atoms with Crippen LogP contribution in [0.15, 0.2) is 61.2 Å². The van der Waals surface area contributed by atoms with Crippen molar-refractivity contribution in [3.8, 4) is 28.3 Å². The number of hydrogen-bond acceptors (Lipinski definition) is 4. The van der Waals surface area contributed by atoms with Crippen molar-refractivity contribution in [1.82, 2.24) is 15.0 Å². The first-order valence-corrected chi connectivity index (χ1v) is 6.24. The summed E-state index contributed by atoms with van der Waals surface area (Å²) in [5.41, 5.74) is 3.11. The second kappa shape index (κ2) is 5.48. The van der Waals surface area contributed by atoms with E-state index in [1.807, 2.05) is 48.5 Å². The monoisotopic (exact) mass is 263 g/mol. The van der Waals surface area contributed by atoms with Crippen LogP contribution in [-0.2, 0) is 0 Å². The molecule has 0 spiro atoms. The molecule has 4 heteroatoms. The standard InChI is InChI=1S/C16H13N3O/c1-20-13-6-4-5-12(9-13)14-7-2-3-8-15(14)16-18-10-17-11-19-16/h2-11H,1H3. The fraction of sp³-hybridized carbons (Fsp3) is 0.0625. The van der Waals surface area contributed by atoms with Crippen LogP contribution in [-0.4, -0.2) is 22.1 Å². The molecule has 98 valence electrons. The van der Waals surface area contributed by atoms with Gasteiger partial charge in [0.05, 0.1) is 7.11 Å². The van der Waals surface area contributed by atoms with E-state index in [4.69, 9.17) is 4.74 Å². The van der Waals surface area contributed by atoms with Crippen LogP contribution < -0.4 is 4.74 Å². The van der Waals surface area contributed by atoms with Crippen molar-refractivity contribution in [2.24, 2.45) is 0 Å². The summed E-state index contributed by atoms with van der Waals surface area (Å²) >= 11 is 0. The van der Waals surface area contributed by atoms with Crippen LogP contribution >= 0.6 is 0 Å². The molecule has 3 rings (SSSR count). The third-order valence-electron chi connectivity index (χ3n) is 3.04. The SMILES string of the molecule is COc1cccc(-c2ccccc2-c2ncncn2)c1. The Hall–Kier alpha value is -2.75. The molecule has 0 unspecified atom stereocenters. The first kappa shape index (κ1) is 12.3. The Balaban J connectivity index is 2.15. The number of hydrogen-bond donors (Lipinski definition) is 0. The normalized spacial score (nSPS) is 10.2. The Morgan fingerprint density at radius 1 is 0.850 bits per heavy atom. The smallest absolute Gasteiger partial charge is 0.163 e. The number of methoxy groups -OCH3 is 1. The summed E-state index contributed by atoms with van der Waals surface area (Å²) in [5.74, 6) is 1.49. The van der Waals surface area contributed by atoms with Crippen LogP contribution in [0.2, 0.25) is 0 Å². The van der Waals surface area contributed by atoms with E-state index in [2.05, 4.69) is 15.0 Å². The number of nitrogens with zero attached hydrogens (tertiary/aromatic N) is 3. The van der Waals surface area contributed by atoms with E-state index in [0.29, 0.717) is 5.82 Å². The molecule has 3 aromatic rings. The summed E-state index contributed by atoms with van der Waals surface area (Å²) in [7, 11) is 1.66. The second-order valence-electron chi connectivity index (χ2n) is 4.24. The van der Waals surface area contributed by atoms with Crippen LogP contribution in [0.25, 0.3) is 22.5 Å². The average Bonchev–Trinajstić information content (AvgIpc) is 2.56. The first-order chi connectivity index (χ1) is 9.88. The molecule has 0 N–H and O–H groups in total. The molecule has 0 radical (unpaired) electrons. The fourth-order valence-electron chi connectivity index (χ4n) is 2.10. The maximum Gasteiger partial charge on any atom is 0.163 e. The minimum Gasteiger partial charge on any atom is -0.497 e. The number of ether oxygens (including phenoxy) is 1. The summed E-state index contributed by atoms with van der Waals surface area (Å²) in [5, 5.41) is 0. The summed E-state index contributed by atoms with van der Waals surface area (Å²) in [4.78, 5) is 12.3. The molecule has 1 aromatic heterocycles. The lowest BCUT2D eigenvalue weighted by Gasteiger charge is -2.09. The Morgan fingerprint density at radius 3 is 2.35 bits per heavy atom. The highest BCUT2D eigenvalue weighted by atomic mass is 16.5. The molecule has 0 amide bonds.